The fourth-order valence-corrected chi connectivity index (χ4v) is 5.77. The summed E-state index contributed by atoms with van der Waals surface area (Å²) in [5.74, 6) is 0.168. The number of rotatable bonds is 4. The van der Waals surface area contributed by atoms with Gasteiger partial charge in [0.2, 0.25) is 0 Å². The lowest BCUT2D eigenvalue weighted by Gasteiger charge is -2.24. The Bertz CT molecular complexity index is 1590. The van der Waals surface area contributed by atoms with E-state index in [1.165, 1.54) is 40.9 Å². The van der Waals surface area contributed by atoms with Gasteiger partial charge < -0.3 is 19.3 Å². The van der Waals surface area contributed by atoms with Crippen LogP contribution in [-0.4, -0.2) is 73.1 Å². The average Bonchev–Trinajstić information content (AvgIpc) is 3.52. The SMILES string of the molecule is C[C@@H](O)c1nc2cnc3c(cnn3S(=O)(=O)c3ccccc3)c2n1[C@@H]1CN(C(=O)OC(C)(C)C)CC1F. The minimum absolute atomic E-state index is 0.0263. The van der Waals surface area contributed by atoms with E-state index < -0.39 is 40.0 Å². The van der Waals surface area contributed by atoms with Gasteiger partial charge in [0.25, 0.3) is 10.0 Å². The summed E-state index contributed by atoms with van der Waals surface area (Å²) in [5.41, 5.74) is -0.00599. The van der Waals surface area contributed by atoms with E-state index in [9.17, 15) is 18.3 Å². The molecule has 4 heterocycles. The van der Waals surface area contributed by atoms with Crippen molar-refractivity contribution in [1.29, 1.82) is 0 Å². The van der Waals surface area contributed by atoms with Crippen LogP contribution in [0.1, 0.15) is 45.7 Å². The molecular formula is C24H27FN6O5S. The van der Waals surface area contributed by atoms with E-state index in [-0.39, 0.29) is 29.5 Å². The van der Waals surface area contributed by atoms with Crippen LogP contribution in [0.15, 0.2) is 47.6 Å². The summed E-state index contributed by atoms with van der Waals surface area (Å²) in [6, 6.07) is 6.91. The number of nitrogens with zero attached hydrogens (tertiary/aromatic N) is 6. The summed E-state index contributed by atoms with van der Waals surface area (Å²) in [5, 5.41) is 14.9. The zero-order chi connectivity index (χ0) is 26.7. The molecule has 0 aliphatic carbocycles. The Morgan fingerprint density at radius 3 is 2.54 bits per heavy atom. The third-order valence-electron chi connectivity index (χ3n) is 6.09. The lowest BCUT2D eigenvalue weighted by Crippen LogP contribution is -2.35. The Kier molecular flexibility index (Phi) is 5.94. The number of halogens is 1. The molecule has 1 aliphatic heterocycles. The second-order valence-corrected chi connectivity index (χ2v) is 11.8. The number of likely N-dealkylation sites (tertiary alicyclic amines) is 1. The Labute approximate surface area is 212 Å². The Hall–Kier alpha value is -3.58. The van der Waals surface area contributed by atoms with Gasteiger partial charge in [-0.3, -0.25) is 0 Å². The number of hydrogen-bond donors (Lipinski definition) is 1. The molecular weight excluding hydrogens is 503 g/mol. The number of fused-ring (bicyclic) bond motifs is 3. The van der Waals surface area contributed by atoms with Gasteiger partial charge in [0.1, 0.15) is 29.2 Å². The second-order valence-electron chi connectivity index (χ2n) is 10.0. The number of aromatic nitrogens is 5. The minimum atomic E-state index is -4.06. The maximum atomic E-state index is 15.5. The van der Waals surface area contributed by atoms with Crippen LogP contribution >= 0.6 is 0 Å². The quantitative estimate of drug-likeness (QED) is 0.425. The standard InChI is InChI=1S/C24H27FN6O5S/c1-14(32)21-28-18-11-26-22-16(10-27-31(22)37(34,35)15-8-6-5-7-9-15)20(18)30(21)19-13-29(12-17(19)25)23(33)36-24(2,3)4/h5-11,14,17,19,32H,12-13H2,1-4H3/t14-,17?,19-/m1/s1. The predicted molar refractivity (Wildman–Crippen MR) is 132 cm³/mol. The number of imidazole rings is 1. The van der Waals surface area contributed by atoms with Gasteiger partial charge in [-0.2, -0.15) is 13.5 Å². The molecule has 1 aliphatic rings. The highest BCUT2D eigenvalue weighted by atomic mass is 32.2. The van der Waals surface area contributed by atoms with Gasteiger partial charge in [-0.25, -0.2) is 19.2 Å². The molecule has 1 N–H and O–H groups in total. The first kappa shape index (κ1) is 25.1. The smallest absolute Gasteiger partial charge is 0.410 e. The van der Waals surface area contributed by atoms with Crippen molar-refractivity contribution in [2.75, 3.05) is 13.1 Å². The zero-order valence-corrected chi connectivity index (χ0v) is 21.6. The molecule has 0 saturated carbocycles. The van der Waals surface area contributed by atoms with Crippen LogP contribution in [0.25, 0.3) is 22.1 Å². The van der Waals surface area contributed by atoms with Crippen molar-refractivity contribution in [3.63, 3.8) is 0 Å². The Morgan fingerprint density at radius 2 is 1.89 bits per heavy atom. The molecule has 1 aromatic carbocycles. The Morgan fingerprint density at radius 1 is 1.19 bits per heavy atom. The maximum absolute atomic E-state index is 15.5. The molecule has 1 amide bonds. The summed E-state index contributed by atoms with van der Waals surface area (Å²) >= 11 is 0. The fraction of sp³-hybridized carbons (Fsp3) is 0.417. The summed E-state index contributed by atoms with van der Waals surface area (Å²) in [4.78, 5) is 22.7. The van der Waals surface area contributed by atoms with Crippen LogP contribution in [-0.2, 0) is 14.8 Å². The predicted octanol–water partition coefficient (Wildman–Crippen LogP) is 3.20. The number of benzene rings is 1. The first-order valence-electron chi connectivity index (χ1n) is 11.7. The molecule has 1 unspecified atom stereocenters. The molecule has 0 bridgehead atoms. The van der Waals surface area contributed by atoms with Crippen molar-refractivity contribution in [3.8, 4) is 0 Å². The van der Waals surface area contributed by atoms with E-state index in [4.69, 9.17) is 4.74 Å². The number of alkyl halides is 1. The third-order valence-corrected chi connectivity index (χ3v) is 7.68. The van der Waals surface area contributed by atoms with Crippen LogP contribution < -0.4 is 0 Å². The molecule has 1 fully saturated rings. The summed E-state index contributed by atoms with van der Waals surface area (Å²) in [6.07, 6.45) is -0.508. The van der Waals surface area contributed by atoms with E-state index in [1.54, 1.807) is 39.0 Å². The summed E-state index contributed by atoms with van der Waals surface area (Å²) < 4.78 is 49.8. The number of hydrogen-bond acceptors (Lipinski definition) is 8. The van der Waals surface area contributed by atoms with Crippen molar-refractivity contribution in [2.45, 2.75) is 56.5 Å². The highest BCUT2D eigenvalue weighted by molar-refractivity contribution is 7.90. The van der Waals surface area contributed by atoms with Gasteiger partial charge in [-0.1, -0.05) is 18.2 Å². The van der Waals surface area contributed by atoms with Gasteiger partial charge in [-0.05, 0) is 39.8 Å². The first-order valence-corrected chi connectivity index (χ1v) is 13.2. The number of carbonyl (C=O) groups excluding carboxylic acids is 1. The molecule has 3 aromatic heterocycles. The second kappa shape index (κ2) is 8.77. The van der Waals surface area contributed by atoms with E-state index in [0.717, 1.165) is 4.09 Å². The monoisotopic (exact) mass is 530 g/mol. The fourth-order valence-electron chi connectivity index (χ4n) is 4.52. The van der Waals surface area contributed by atoms with Crippen molar-refractivity contribution in [2.24, 2.45) is 0 Å². The molecule has 0 spiro atoms. The number of ether oxygens (including phenoxy) is 1. The number of aliphatic hydroxyl groups excluding tert-OH is 1. The third kappa shape index (κ3) is 4.31. The van der Waals surface area contributed by atoms with Crippen LogP contribution in [0, 0.1) is 0 Å². The van der Waals surface area contributed by atoms with E-state index in [1.807, 2.05) is 0 Å². The van der Waals surface area contributed by atoms with Crippen LogP contribution in [0.3, 0.4) is 0 Å². The molecule has 13 heteroatoms. The van der Waals surface area contributed by atoms with Gasteiger partial charge in [0.05, 0.1) is 40.8 Å². The van der Waals surface area contributed by atoms with Crippen LogP contribution in [0.2, 0.25) is 0 Å². The Balaban J connectivity index is 1.65. The highest BCUT2D eigenvalue weighted by Crippen LogP contribution is 2.36. The number of carbonyl (C=O) groups is 1. The van der Waals surface area contributed by atoms with E-state index >= 15 is 4.39 Å². The van der Waals surface area contributed by atoms with Crippen molar-refractivity contribution < 1.29 is 27.4 Å². The summed E-state index contributed by atoms with van der Waals surface area (Å²) in [7, 11) is -4.06. The van der Waals surface area contributed by atoms with Gasteiger partial charge >= 0.3 is 6.09 Å². The minimum Gasteiger partial charge on any atom is -0.444 e. The van der Waals surface area contributed by atoms with E-state index in [2.05, 4.69) is 15.1 Å². The van der Waals surface area contributed by atoms with Gasteiger partial charge in [0, 0.05) is 6.54 Å². The lowest BCUT2D eigenvalue weighted by atomic mass is 10.2. The van der Waals surface area contributed by atoms with Gasteiger partial charge in [-0.15, -0.1) is 4.09 Å². The molecule has 0 radical (unpaired) electrons. The number of aliphatic hydroxyl groups is 1. The summed E-state index contributed by atoms with van der Waals surface area (Å²) in [6.45, 7) is 6.46. The molecule has 4 aromatic rings. The van der Waals surface area contributed by atoms with Crippen LogP contribution in [0.4, 0.5) is 9.18 Å². The normalized spacial score (nSPS) is 19.6. The molecule has 11 nitrogen and oxygen atoms in total. The van der Waals surface area contributed by atoms with Crippen molar-refractivity contribution in [3.05, 3.63) is 48.5 Å². The number of amides is 1. The lowest BCUT2D eigenvalue weighted by molar-refractivity contribution is 0.0281. The molecule has 5 rings (SSSR count). The van der Waals surface area contributed by atoms with E-state index in [0.29, 0.717) is 16.4 Å². The molecule has 196 valence electrons. The topological polar surface area (TPSA) is 132 Å². The van der Waals surface area contributed by atoms with Gasteiger partial charge in [0.15, 0.2) is 5.65 Å². The van der Waals surface area contributed by atoms with Crippen LogP contribution in [0.5, 0.6) is 0 Å². The van der Waals surface area contributed by atoms with Crippen molar-refractivity contribution >= 4 is 38.2 Å². The molecule has 3 atom stereocenters. The average molecular weight is 531 g/mol. The molecule has 37 heavy (non-hydrogen) atoms. The maximum Gasteiger partial charge on any atom is 0.410 e. The zero-order valence-electron chi connectivity index (χ0n) is 20.7. The van der Waals surface area contributed by atoms with Crippen molar-refractivity contribution in [1.82, 2.24) is 28.6 Å². The molecule has 1 saturated heterocycles. The first-order chi connectivity index (χ1) is 17.4. The highest BCUT2D eigenvalue weighted by Gasteiger charge is 2.41. The largest absolute Gasteiger partial charge is 0.444 e. The number of pyridine rings is 1.